The summed E-state index contributed by atoms with van der Waals surface area (Å²) in [5.74, 6) is 1.00. The minimum atomic E-state index is -0.261. The van der Waals surface area contributed by atoms with E-state index in [4.69, 9.17) is 14.6 Å². The molecule has 7 heteroatoms. The molecule has 1 aliphatic heterocycles. The molecule has 2 aromatic rings. The Balaban J connectivity index is 1.59. The van der Waals surface area contributed by atoms with Crippen molar-refractivity contribution in [2.75, 3.05) is 46.6 Å². The summed E-state index contributed by atoms with van der Waals surface area (Å²) in [6, 6.07) is 13.0. The first kappa shape index (κ1) is 22.5. The second-order valence-electron chi connectivity index (χ2n) is 7.55. The SMILES string of the molecule is COc1ccc(CN2CCN(Cc3ccc(OCCO)cc3)C[C@H]2CCO)c(F)c1. The number of benzene rings is 2. The van der Waals surface area contributed by atoms with E-state index in [0.29, 0.717) is 30.9 Å². The molecule has 164 valence electrons. The van der Waals surface area contributed by atoms with E-state index in [1.807, 2.05) is 24.3 Å². The molecule has 1 aliphatic rings. The summed E-state index contributed by atoms with van der Waals surface area (Å²) in [5.41, 5.74) is 1.83. The average Bonchev–Trinajstić information content (AvgIpc) is 2.76. The molecule has 30 heavy (non-hydrogen) atoms. The smallest absolute Gasteiger partial charge is 0.131 e. The molecule has 1 fully saturated rings. The highest BCUT2D eigenvalue weighted by atomic mass is 19.1. The summed E-state index contributed by atoms with van der Waals surface area (Å²) in [6.07, 6.45) is 0.655. The fraction of sp³-hybridized carbons (Fsp3) is 0.478. The normalized spacial score (nSPS) is 17.8. The molecule has 1 heterocycles. The zero-order chi connectivity index (χ0) is 21.3. The maximum Gasteiger partial charge on any atom is 0.131 e. The Morgan fingerprint density at radius 1 is 1.00 bits per heavy atom. The molecule has 3 rings (SSSR count). The van der Waals surface area contributed by atoms with Crippen molar-refractivity contribution in [3.8, 4) is 11.5 Å². The Hall–Kier alpha value is -2.19. The Morgan fingerprint density at radius 2 is 1.77 bits per heavy atom. The second kappa shape index (κ2) is 11.3. The number of hydrogen-bond donors (Lipinski definition) is 2. The van der Waals surface area contributed by atoms with Crippen molar-refractivity contribution in [1.29, 1.82) is 0 Å². The monoisotopic (exact) mass is 418 g/mol. The van der Waals surface area contributed by atoms with E-state index in [-0.39, 0.29) is 25.1 Å². The van der Waals surface area contributed by atoms with E-state index in [2.05, 4.69) is 9.80 Å². The molecule has 2 N–H and O–H groups in total. The predicted molar refractivity (Wildman–Crippen MR) is 113 cm³/mol. The lowest BCUT2D eigenvalue weighted by Crippen LogP contribution is -2.52. The molecule has 0 aromatic heterocycles. The Kier molecular flexibility index (Phi) is 8.45. The first-order chi connectivity index (χ1) is 14.6. The summed E-state index contributed by atoms with van der Waals surface area (Å²) < 4.78 is 24.9. The van der Waals surface area contributed by atoms with Gasteiger partial charge in [0.1, 0.15) is 23.9 Å². The standard InChI is InChI=1S/C23H31FN2O4/c1-29-22-7-4-19(23(24)14-22)16-26-10-9-25(17-20(26)8-11-27)15-18-2-5-21(6-3-18)30-13-12-28/h2-7,14,20,27-28H,8-13,15-17H2,1H3/t20-/m1/s1. The maximum atomic E-state index is 14.4. The van der Waals surface area contributed by atoms with Crippen LogP contribution < -0.4 is 9.47 Å². The first-order valence-electron chi connectivity index (χ1n) is 10.3. The Morgan fingerprint density at radius 3 is 2.43 bits per heavy atom. The number of ether oxygens (including phenoxy) is 2. The van der Waals surface area contributed by atoms with Crippen LogP contribution in [0.4, 0.5) is 4.39 Å². The van der Waals surface area contributed by atoms with E-state index in [9.17, 15) is 9.50 Å². The molecule has 0 saturated carbocycles. The van der Waals surface area contributed by atoms with Gasteiger partial charge in [-0.05, 0) is 30.2 Å². The van der Waals surface area contributed by atoms with Gasteiger partial charge in [0.25, 0.3) is 0 Å². The predicted octanol–water partition coefficient (Wildman–Crippen LogP) is 2.27. The fourth-order valence-electron chi connectivity index (χ4n) is 3.85. The van der Waals surface area contributed by atoms with Crippen molar-refractivity contribution in [2.24, 2.45) is 0 Å². The van der Waals surface area contributed by atoms with Crippen LogP contribution in [0.2, 0.25) is 0 Å². The van der Waals surface area contributed by atoms with Crippen molar-refractivity contribution in [1.82, 2.24) is 9.80 Å². The van der Waals surface area contributed by atoms with Crippen LogP contribution in [0.3, 0.4) is 0 Å². The highest BCUT2D eigenvalue weighted by molar-refractivity contribution is 5.29. The molecular formula is C23H31FN2O4. The van der Waals surface area contributed by atoms with Gasteiger partial charge in [-0.15, -0.1) is 0 Å². The molecule has 1 atom stereocenters. The number of rotatable bonds is 10. The molecule has 0 spiro atoms. The van der Waals surface area contributed by atoms with E-state index in [0.717, 1.165) is 31.9 Å². The number of aliphatic hydroxyl groups is 2. The number of methoxy groups -OCH3 is 1. The zero-order valence-corrected chi connectivity index (χ0v) is 17.5. The lowest BCUT2D eigenvalue weighted by Gasteiger charge is -2.41. The van der Waals surface area contributed by atoms with Gasteiger partial charge in [-0.1, -0.05) is 18.2 Å². The molecule has 0 aliphatic carbocycles. The highest BCUT2D eigenvalue weighted by Gasteiger charge is 2.27. The van der Waals surface area contributed by atoms with Crippen molar-refractivity contribution in [3.63, 3.8) is 0 Å². The molecule has 6 nitrogen and oxygen atoms in total. The lowest BCUT2D eigenvalue weighted by atomic mass is 10.1. The minimum Gasteiger partial charge on any atom is -0.497 e. The van der Waals surface area contributed by atoms with E-state index >= 15 is 0 Å². The Bertz CT molecular complexity index is 787. The van der Waals surface area contributed by atoms with Crippen LogP contribution >= 0.6 is 0 Å². The third-order valence-corrected chi connectivity index (χ3v) is 5.47. The lowest BCUT2D eigenvalue weighted by molar-refractivity contribution is 0.0493. The van der Waals surface area contributed by atoms with Crippen LogP contribution in [0.1, 0.15) is 17.5 Å². The number of hydrogen-bond acceptors (Lipinski definition) is 6. The van der Waals surface area contributed by atoms with Crippen molar-refractivity contribution < 1.29 is 24.1 Å². The molecule has 0 amide bonds. The third-order valence-electron chi connectivity index (χ3n) is 5.47. The maximum absolute atomic E-state index is 14.4. The molecule has 0 unspecified atom stereocenters. The van der Waals surface area contributed by atoms with E-state index in [1.165, 1.54) is 18.7 Å². The van der Waals surface area contributed by atoms with Gasteiger partial charge in [-0.25, -0.2) is 4.39 Å². The first-order valence-corrected chi connectivity index (χ1v) is 10.3. The van der Waals surface area contributed by atoms with Crippen molar-refractivity contribution in [2.45, 2.75) is 25.6 Å². The quantitative estimate of drug-likeness (QED) is 0.617. The summed E-state index contributed by atoms with van der Waals surface area (Å²) in [6.45, 7) is 4.24. The van der Waals surface area contributed by atoms with Gasteiger partial charge in [0.2, 0.25) is 0 Å². The van der Waals surface area contributed by atoms with Gasteiger partial charge in [0, 0.05) is 57.0 Å². The molecule has 0 radical (unpaired) electrons. The fourth-order valence-corrected chi connectivity index (χ4v) is 3.85. The zero-order valence-electron chi connectivity index (χ0n) is 17.5. The molecule has 1 saturated heterocycles. The molecular weight excluding hydrogens is 387 g/mol. The van der Waals surface area contributed by atoms with E-state index in [1.54, 1.807) is 12.1 Å². The van der Waals surface area contributed by atoms with Crippen LogP contribution in [-0.4, -0.2) is 72.6 Å². The molecule has 0 bridgehead atoms. The van der Waals surface area contributed by atoms with Crippen molar-refractivity contribution in [3.05, 3.63) is 59.4 Å². The summed E-state index contributed by atoms with van der Waals surface area (Å²) >= 11 is 0. The Labute approximate surface area is 177 Å². The third kappa shape index (κ3) is 6.15. The van der Waals surface area contributed by atoms with Crippen LogP contribution in [-0.2, 0) is 13.1 Å². The number of aliphatic hydroxyl groups excluding tert-OH is 2. The van der Waals surface area contributed by atoms with Gasteiger partial charge in [0.05, 0.1) is 13.7 Å². The largest absolute Gasteiger partial charge is 0.497 e. The summed E-state index contributed by atoms with van der Waals surface area (Å²) in [5, 5.41) is 18.4. The topological polar surface area (TPSA) is 65.4 Å². The van der Waals surface area contributed by atoms with Gasteiger partial charge in [0.15, 0.2) is 0 Å². The van der Waals surface area contributed by atoms with Crippen molar-refractivity contribution >= 4 is 0 Å². The van der Waals surface area contributed by atoms with E-state index < -0.39 is 0 Å². The van der Waals surface area contributed by atoms with Gasteiger partial charge >= 0.3 is 0 Å². The van der Waals surface area contributed by atoms with Gasteiger partial charge in [-0.3, -0.25) is 9.80 Å². The number of halogens is 1. The number of piperazine rings is 1. The van der Waals surface area contributed by atoms with Crippen LogP contribution in [0.25, 0.3) is 0 Å². The highest BCUT2D eigenvalue weighted by Crippen LogP contribution is 2.22. The summed E-state index contributed by atoms with van der Waals surface area (Å²) in [7, 11) is 1.53. The minimum absolute atomic E-state index is 0.00129. The average molecular weight is 419 g/mol. The van der Waals surface area contributed by atoms with Crippen LogP contribution in [0, 0.1) is 5.82 Å². The van der Waals surface area contributed by atoms with Crippen LogP contribution in [0.5, 0.6) is 11.5 Å². The van der Waals surface area contributed by atoms with Crippen LogP contribution in [0.15, 0.2) is 42.5 Å². The molecule has 2 aromatic carbocycles. The van der Waals surface area contributed by atoms with Gasteiger partial charge in [-0.2, -0.15) is 0 Å². The second-order valence-corrected chi connectivity index (χ2v) is 7.55. The number of nitrogens with zero attached hydrogens (tertiary/aromatic N) is 2. The summed E-state index contributed by atoms with van der Waals surface area (Å²) in [4.78, 5) is 4.62. The van der Waals surface area contributed by atoms with Gasteiger partial charge < -0.3 is 19.7 Å².